The molecule has 8 heteroatoms. The third-order valence-electron chi connectivity index (χ3n) is 8.42. The van der Waals surface area contributed by atoms with Gasteiger partial charge in [0.15, 0.2) is 17.6 Å². The first kappa shape index (κ1) is 25.9. The average molecular weight is 514 g/mol. The lowest BCUT2D eigenvalue weighted by molar-refractivity contribution is -0.160. The molecule has 4 atom stereocenters. The van der Waals surface area contributed by atoms with Crippen LogP contribution in [0.15, 0.2) is 24.0 Å². The predicted octanol–water partition coefficient (Wildman–Crippen LogP) is 4.35. The standard InChI is InChI=1S/C29H39NO7/c1-28(2,3)10-7-19(14-24(31)34-5)27(32)37-26-23(33-4)16-29-9-6-11-30(29)12-8-18-13-21-22(36-17-35-21)15-20(18)25(26)29/h13,15-16,19,25-26H,6-12,14,17H2,1-5H3/t19-,25+,26+,29-/m0/s1. The minimum Gasteiger partial charge on any atom is -0.497 e. The van der Waals surface area contributed by atoms with E-state index in [0.717, 1.165) is 55.8 Å². The molecule has 3 aliphatic heterocycles. The molecular weight excluding hydrogens is 474 g/mol. The van der Waals surface area contributed by atoms with Crippen LogP contribution in [0.5, 0.6) is 11.5 Å². The fraction of sp³-hybridized carbons (Fsp3) is 0.655. The second-order valence-electron chi connectivity index (χ2n) is 11.9. The molecule has 37 heavy (non-hydrogen) atoms. The zero-order chi connectivity index (χ0) is 26.4. The van der Waals surface area contributed by atoms with Crippen LogP contribution >= 0.6 is 0 Å². The first-order chi connectivity index (χ1) is 17.6. The lowest BCUT2D eigenvalue weighted by Crippen LogP contribution is -2.47. The van der Waals surface area contributed by atoms with E-state index in [-0.39, 0.29) is 36.1 Å². The Morgan fingerprint density at radius 2 is 1.92 bits per heavy atom. The van der Waals surface area contributed by atoms with Crippen molar-refractivity contribution in [3.05, 3.63) is 35.1 Å². The fourth-order valence-corrected chi connectivity index (χ4v) is 6.51. The Kier molecular flexibility index (Phi) is 6.90. The minimum absolute atomic E-state index is 0.00136. The van der Waals surface area contributed by atoms with Gasteiger partial charge in [0.25, 0.3) is 0 Å². The molecule has 0 saturated carbocycles. The van der Waals surface area contributed by atoms with Gasteiger partial charge in [-0.25, -0.2) is 0 Å². The van der Waals surface area contributed by atoms with Crippen molar-refractivity contribution in [1.29, 1.82) is 0 Å². The van der Waals surface area contributed by atoms with Crippen LogP contribution in [0, 0.1) is 11.3 Å². The van der Waals surface area contributed by atoms with Crippen molar-refractivity contribution in [2.45, 2.75) is 76.9 Å². The maximum atomic E-state index is 13.7. The van der Waals surface area contributed by atoms with Crippen LogP contribution in [0.1, 0.15) is 69.9 Å². The van der Waals surface area contributed by atoms with Gasteiger partial charge in [-0.05, 0) is 73.4 Å². The Labute approximate surface area is 219 Å². The number of methoxy groups -OCH3 is 2. The van der Waals surface area contributed by atoms with Crippen molar-refractivity contribution < 1.29 is 33.3 Å². The van der Waals surface area contributed by atoms with E-state index in [0.29, 0.717) is 12.2 Å². The normalized spacial score (nSPS) is 26.9. The lowest BCUT2D eigenvalue weighted by Gasteiger charge is -2.39. The fourth-order valence-electron chi connectivity index (χ4n) is 6.51. The number of rotatable bonds is 7. The summed E-state index contributed by atoms with van der Waals surface area (Å²) in [7, 11) is 2.99. The van der Waals surface area contributed by atoms with Gasteiger partial charge >= 0.3 is 11.9 Å². The molecule has 202 valence electrons. The van der Waals surface area contributed by atoms with Gasteiger partial charge in [0, 0.05) is 6.54 Å². The number of nitrogens with zero attached hydrogens (tertiary/aromatic N) is 1. The van der Waals surface area contributed by atoms with E-state index in [4.69, 9.17) is 23.7 Å². The van der Waals surface area contributed by atoms with Gasteiger partial charge < -0.3 is 23.7 Å². The summed E-state index contributed by atoms with van der Waals surface area (Å²) >= 11 is 0. The van der Waals surface area contributed by atoms with Crippen LogP contribution in [0.25, 0.3) is 0 Å². The molecule has 1 saturated heterocycles. The average Bonchev–Trinajstić information content (AvgIpc) is 3.54. The topological polar surface area (TPSA) is 83.5 Å². The first-order valence-electron chi connectivity index (χ1n) is 13.4. The highest BCUT2D eigenvalue weighted by Crippen LogP contribution is 2.55. The molecule has 1 fully saturated rings. The molecule has 0 radical (unpaired) electrons. The Hall–Kier alpha value is -2.74. The van der Waals surface area contributed by atoms with E-state index in [1.54, 1.807) is 7.11 Å². The molecule has 1 aromatic rings. The first-order valence-corrected chi connectivity index (χ1v) is 13.4. The molecule has 1 aliphatic carbocycles. The summed E-state index contributed by atoms with van der Waals surface area (Å²) in [5, 5.41) is 0. The largest absolute Gasteiger partial charge is 0.497 e. The monoisotopic (exact) mass is 513 g/mol. The van der Waals surface area contributed by atoms with Crippen LogP contribution in [0.2, 0.25) is 0 Å². The molecule has 1 spiro atoms. The summed E-state index contributed by atoms with van der Waals surface area (Å²) in [6.45, 7) is 8.49. The summed E-state index contributed by atoms with van der Waals surface area (Å²) in [4.78, 5) is 28.4. The van der Waals surface area contributed by atoms with Crippen LogP contribution in [-0.2, 0) is 30.2 Å². The highest BCUT2D eigenvalue weighted by Gasteiger charge is 2.58. The Morgan fingerprint density at radius 1 is 1.16 bits per heavy atom. The molecule has 0 bridgehead atoms. The number of ether oxygens (including phenoxy) is 5. The van der Waals surface area contributed by atoms with Gasteiger partial charge in [0.2, 0.25) is 6.79 Å². The van der Waals surface area contributed by atoms with Crippen molar-refractivity contribution in [3.63, 3.8) is 0 Å². The zero-order valence-corrected chi connectivity index (χ0v) is 22.6. The SMILES string of the molecule is COC(=O)C[C@H](CCC(C)(C)C)C(=O)O[C@@H]1C(OC)=C[C@]23CCCN2CCc2cc4c(cc2[C@H]13)OCO4. The Bertz CT molecular complexity index is 1090. The van der Waals surface area contributed by atoms with Crippen molar-refractivity contribution in [1.82, 2.24) is 4.90 Å². The van der Waals surface area contributed by atoms with Crippen LogP contribution in [0.3, 0.4) is 0 Å². The van der Waals surface area contributed by atoms with E-state index in [1.807, 2.05) is 0 Å². The van der Waals surface area contributed by atoms with Crippen molar-refractivity contribution in [3.8, 4) is 11.5 Å². The van der Waals surface area contributed by atoms with Gasteiger partial charge in [-0.15, -0.1) is 0 Å². The number of carbonyl (C=O) groups is 2. The highest BCUT2D eigenvalue weighted by atomic mass is 16.7. The zero-order valence-electron chi connectivity index (χ0n) is 22.6. The Morgan fingerprint density at radius 3 is 2.62 bits per heavy atom. The van der Waals surface area contributed by atoms with Gasteiger partial charge in [0.1, 0.15) is 5.76 Å². The number of fused-ring (bicyclic) bond motifs is 3. The van der Waals surface area contributed by atoms with E-state index in [2.05, 4.69) is 43.9 Å². The molecule has 8 nitrogen and oxygen atoms in total. The smallest absolute Gasteiger partial charge is 0.310 e. The van der Waals surface area contributed by atoms with E-state index < -0.39 is 18.0 Å². The lowest BCUT2D eigenvalue weighted by atomic mass is 9.77. The number of hydrogen-bond donors (Lipinski definition) is 0. The van der Waals surface area contributed by atoms with E-state index in [9.17, 15) is 9.59 Å². The van der Waals surface area contributed by atoms with Gasteiger partial charge in [-0.3, -0.25) is 14.5 Å². The summed E-state index contributed by atoms with van der Waals surface area (Å²) in [5.41, 5.74) is 2.04. The molecule has 0 N–H and O–H groups in total. The summed E-state index contributed by atoms with van der Waals surface area (Å²) < 4.78 is 28.6. The molecule has 4 aliphatic rings. The van der Waals surface area contributed by atoms with Crippen molar-refractivity contribution in [2.24, 2.45) is 11.3 Å². The molecule has 3 heterocycles. The Balaban J connectivity index is 1.50. The molecule has 1 aromatic carbocycles. The van der Waals surface area contributed by atoms with Crippen LogP contribution in [0.4, 0.5) is 0 Å². The highest BCUT2D eigenvalue weighted by molar-refractivity contribution is 5.80. The van der Waals surface area contributed by atoms with E-state index >= 15 is 0 Å². The van der Waals surface area contributed by atoms with Gasteiger partial charge in [0.05, 0.1) is 38.0 Å². The molecule has 0 unspecified atom stereocenters. The summed E-state index contributed by atoms with van der Waals surface area (Å²) in [6, 6.07) is 4.16. The van der Waals surface area contributed by atoms with Gasteiger partial charge in [-0.2, -0.15) is 0 Å². The second-order valence-corrected chi connectivity index (χ2v) is 11.9. The maximum absolute atomic E-state index is 13.7. The third kappa shape index (κ3) is 4.80. The molecule has 0 aromatic heterocycles. The number of benzene rings is 1. The summed E-state index contributed by atoms with van der Waals surface area (Å²) in [5.74, 6) is 0.659. The van der Waals surface area contributed by atoms with Crippen LogP contribution < -0.4 is 9.47 Å². The molecule has 5 rings (SSSR count). The van der Waals surface area contributed by atoms with Crippen molar-refractivity contribution in [2.75, 3.05) is 34.1 Å². The number of esters is 2. The molecular formula is C29H39NO7. The molecule has 0 amide bonds. The maximum Gasteiger partial charge on any atom is 0.310 e. The van der Waals surface area contributed by atoms with Crippen LogP contribution in [-0.4, -0.2) is 62.6 Å². The van der Waals surface area contributed by atoms with Crippen molar-refractivity contribution >= 4 is 11.9 Å². The number of carbonyl (C=O) groups excluding carboxylic acids is 2. The predicted molar refractivity (Wildman–Crippen MR) is 136 cm³/mol. The quantitative estimate of drug-likeness (QED) is 0.498. The summed E-state index contributed by atoms with van der Waals surface area (Å²) in [6.07, 6.45) is 5.85. The minimum atomic E-state index is -0.592. The number of hydrogen-bond acceptors (Lipinski definition) is 8. The van der Waals surface area contributed by atoms with E-state index in [1.165, 1.54) is 12.7 Å². The third-order valence-corrected chi connectivity index (χ3v) is 8.42. The van der Waals surface area contributed by atoms with Gasteiger partial charge in [-0.1, -0.05) is 20.8 Å². The second kappa shape index (κ2) is 9.86.